The lowest BCUT2D eigenvalue weighted by Gasteiger charge is -2.19. The van der Waals surface area contributed by atoms with Gasteiger partial charge in [0.15, 0.2) is 0 Å². The molecule has 0 spiro atoms. The van der Waals surface area contributed by atoms with Gasteiger partial charge in [-0.15, -0.1) is 0 Å². The second-order valence-corrected chi connectivity index (χ2v) is 3.17. The van der Waals surface area contributed by atoms with E-state index in [-0.39, 0.29) is 6.10 Å². The Morgan fingerprint density at radius 1 is 1.58 bits per heavy atom. The Bertz CT molecular complexity index is 122. The minimum Gasteiger partial charge on any atom is -0.389 e. The molecule has 1 rings (SSSR count). The molecule has 0 saturated carbocycles. The maximum Gasteiger partial charge on any atom is 0.0900 e. The standard InChI is InChI=1S/C8H18N2O2/c9-2-1-3-10-4-5-12-7-8(11)6-10/h8,11H,1-7,9H2. The third-order valence-corrected chi connectivity index (χ3v) is 2.01. The molecule has 0 aromatic rings. The van der Waals surface area contributed by atoms with E-state index in [9.17, 15) is 5.11 Å². The first-order valence-corrected chi connectivity index (χ1v) is 4.51. The molecule has 0 amide bonds. The zero-order chi connectivity index (χ0) is 8.81. The first-order chi connectivity index (χ1) is 5.83. The van der Waals surface area contributed by atoms with Crippen molar-refractivity contribution in [1.29, 1.82) is 0 Å². The van der Waals surface area contributed by atoms with E-state index in [1.807, 2.05) is 0 Å². The van der Waals surface area contributed by atoms with Crippen molar-refractivity contribution in [3.8, 4) is 0 Å². The summed E-state index contributed by atoms with van der Waals surface area (Å²) >= 11 is 0. The molecule has 1 fully saturated rings. The van der Waals surface area contributed by atoms with Crippen molar-refractivity contribution in [2.75, 3.05) is 39.4 Å². The van der Waals surface area contributed by atoms with E-state index in [0.717, 1.165) is 32.7 Å². The topological polar surface area (TPSA) is 58.7 Å². The minimum absolute atomic E-state index is 0.328. The molecule has 72 valence electrons. The number of nitrogens with two attached hydrogens (primary N) is 1. The minimum atomic E-state index is -0.328. The van der Waals surface area contributed by atoms with E-state index in [4.69, 9.17) is 10.5 Å². The van der Waals surface area contributed by atoms with Crippen molar-refractivity contribution in [1.82, 2.24) is 4.90 Å². The number of β-amino-alcohol motifs (C(OH)–C–C–N with tert-alkyl or cyclic N) is 1. The van der Waals surface area contributed by atoms with E-state index < -0.39 is 0 Å². The van der Waals surface area contributed by atoms with Crippen LogP contribution in [0.5, 0.6) is 0 Å². The van der Waals surface area contributed by atoms with Crippen molar-refractivity contribution in [2.45, 2.75) is 12.5 Å². The normalized spacial score (nSPS) is 27.0. The van der Waals surface area contributed by atoms with Crippen LogP contribution >= 0.6 is 0 Å². The summed E-state index contributed by atoms with van der Waals surface area (Å²) in [5, 5.41) is 9.36. The number of hydrogen-bond acceptors (Lipinski definition) is 4. The molecule has 0 bridgehead atoms. The quantitative estimate of drug-likeness (QED) is 0.578. The number of ether oxygens (including phenoxy) is 1. The van der Waals surface area contributed by atoms with Crippen molar-refractivity contribution in [3.63, 3.8) is 0 Å². The Morgan fingerprint density at radius 2 is 2.42 bits per heavy atom. The number of hydrogen-bond donors (Lipinski definition) is 2. The predicted octanol–water partition coefficient (Wildman–Crippen LogP) is -0.972. The Balaban J connectivity index is 2.21. The monoisotopic (exact) mass is 174 g/mol. The highest BCUT2D eigenvalue weighted by molar-refractivity contribution is 4.67. The van der Waals surface area contributed by atoms with Gasteiger partial charge >= 0.3 is 0 Å². The van der Waals surface area contributed by atoms with E-state index in [1.165, 1.54) is 0 Å². The van der Waals surface area contributed by atoms with Crippen molar-refractivity contribution in [3.05, 3.63) is 0 Å². The molecule has 1 atom stereocenters. The van der Waals surface area contributed by atoms with Crippen molar-refractivity contribution < 1.29 is 9.84 Å². The van der Waals surface area contributed by atoms with Gasteiger partial charge in [-0.3, -0.25) is 4.90 Å². The third-order valence-electron chi connectivity index (χ3n) is 2.01. The Labute approximate surface area is 73.3 Å². The molecule has 1 heterocycles. The van der Waals surface area contributed by atoms with Crippen LogP contribution in [0.4, 0.5) is 0 Å². The van der Waals surface area contributed by atoms with Gasteiger partial charge in [-0.05, 0) is 19.5 Å². The molecule has 3 N–H and O–H groups in total. The molecule has 0 radical (unpaired) electrons. The van der Waals surface area contributed by atoms with Gasteiger partial charge in [-0.1, -0.05) is 0 Å². The largest absolute Gasteiger partial charge is 0.389 e. The van der Waals surface area contributed by atoms with E-state index in [1.54, 1.807) is 0 Å². The predicted molar refractivity (Wildman–Crippen MR) is 46.9 cm³/mol. The lowest BCUT2D eigenvalue weighted by Crippen LogP contribution is -2.34. The summed E-state index contributed by atoms with van der Waals surface area (Å²) in [7, 11) is 0. The van der Waals surface area contributed by atoms with Gasteiger partial charge in [0.05, 0.1) is 19.3 Å². The summed E-state index contributed by atoms with van der Waals surface area (Å²) in [6, 6.07) is 0. The van der Waals surface area contributed by atoms with Crippen LogP contribution in [0.1, 0.15) is 6.42 Å². The number of nitrogens with zero attached hydrogens (tertiary/aromatic N) is 1. The molecule has 4 heteroatoms. The average molecular weight is 174 g/mol. The van der Waals surface area contributed by atoms with Gasteiger partial charge in [0.25, 0.3) is 0 Å². The second kappa shape index (κ2) is 5.48. The van der Waals surface area contributed by atoms with Gasteiger partial charge in [0.1, 0.15) is 0 Å². The van der Waals surface area contributed by atoms with Crippen LogP contribution < -0.4 is 5.73 Å². The molecule has 1 aliphatic heterocycles. The number of rotatable bonds is 3. The fourth-order valence-electron chi connectivity index (χ4n) is 1.37. The van der Waals surface area contributed by atoms with E-state index in [0.29, 0.717) is 13.2 Å². The molecular formula is C8H18N2O2. The first-order valence-electron chi connectivity index (χ1n) is 4.51. The van der Waals surface area contributed by atoms with Crippen molar-refractivity contribution in [2.24, 2.45) is 5.73 Å². The zero-order valence-corrected chi connectivity index (χ0v) is 7.41. The smallest absolute Gasteiger partial charge is 0.0900 e. The molecule has 0 aromatic carbocycles. The summed E-state index contributed by atoms with van der Waals surface area (Å²) in [6.45, 7) is 4.52. The van der Waals surface area contributed by atoms with E-state index >= 15 is 0 Å². The van der Waals surface area contributed by atoms with Gasteiger partial charge < -0.3 is 15.6 Å². The lowest BCUT2D eigenvalue weighted by atomic mass is 10.3. The van der Waals surface area contributed by atoms with Gasteiger partial charge in [0.2, 0.25) is 0 Å². The van der Waals surface area contributed by atoms with Crippen LogP contribution in [-0.2, 0) is 4.74 Å². The third kappa shape index (κ3) is 3.49. The highest BCUT2D eigenvalue weighted by Crippen LogP contribution is 2.00. The van der Waals surface area contributed by atoms with Crippen LogP contribution in [0.3, 0.4) is 0 Å². The van der Waals surface area contributed by atoms with Gasteiger partial charge in [-0.2, -0.15) is 0 Å². The number of aliphatic hydroxyl groups excluding tert-OH is 1. The van der Waals surface area contributed by atoms with Crippen LogP contribution in [0.2, 0.25) is 0 Å². The van der Waals surface area contributed by atoms with Gasteiger partial charge in [0, 0.05) is 13.1 Å². The lowest BCUT2D eigenvalue weighted by molar-refractivity contribution is 0.0565. The van der Waals surface area contributed by atoms with Crippen LogP contribution in [0, 0.1) is 0 Å². The second-order valence-electron chi connectivity index (χ2n) is 3.17. The fourth-order valence-corrected chi connectivity index (χ4v) is 1.37. The summed E-state index contributed by atoms with van der Waals surface area (Å²) in [5.41, 5.74) is 5.40. The average Bonchev–Trinajstić information content (AvgIpc) is 2.26. The molecule has 12 heavy (non-hydrogen) atoms. The maximum absolute atomic E-state index is 9.36. The Kier molecular flexibility index (Phi) is 4.53. The first kappa shape index (κ1) is 9.92. The SMILES string of the molecule is NCCCN1CCOCC(O)C1. The van der Waals surface area contributed by atoms with E-state index in [2.05, 4.69) is 4.90 Å². The summed E-state index contributed by atoms with van der Waals surface area (Å²) in [5.74, 6) is 0. The summed E-state index contributed by atoms with van der Waals surface area (Å²) in [4.78, 5) is 2.20. The fraction of sp³-hybridized carbons (Fsp3) is 1.00. The molecule has 1 aliphatic rings. The molecule has 4 nitrogen and oxygen atoms in total. The van der Waals surface area contributed by atoms with Crippen LogP contribution in [0.25, 0.3) is 0 Å². The van der Waals surface area contributed by atoms with Crippen LogP contribution in [0.15, 0.2) is 0 Å². The molecule has 0 aliphatic carbocycles. The highest BCUT2D eigenvalue weighted by Gasteiger charge is 2.14. The number of aliphatic hydroxyl groups is 1. The highest BCUT2D eigenvalue weighted by atomic mass is 16.5. The Morgan fingerprint density at radius 3 is 3.17 bits per heavy atom. The van der Waals surface area contributed by atoms with Crippen molar-refractivity contribution >= 4 is 0 Å². The summed E-state index contributed by atoms with van der Waals surface area (Å²) in [6.07, 6.45) is 0.664. The molecule has 0 aromatic heterocycles. The molecular weight excluding hydrogens is 156 g/mol. The summed E-state index contributed by atoms with van der Waals surface area (Å²) < 4.78 is 5.19. The molecule has 1 saturated heterocycles. The zero-order valence-electron chi connectivity index (χ0n) is 7.41. The maximum atomic E-state index is 9.36. The van der Waals surface area contributed by atoms with Crippen LogP contribution in [-0.4, -0.2) is 55.5 Å². The molecule has 1 unspecified atom stereocenters. The Hall–Kier alpha value is -0.160. The van der Waals surface area contributed by atoms with Gasteiger partial charge in [-0.25, -0.2) is 0 Å².